The molecule has 2 rings (SSSR count). The van der Waals surface area contributed by atoms with E-state index in [1.54, 1.807) is 12.1 Å². The van der Waals surface area contributed by atoms with E-state index in [9.17, 15) is 4.39 Å². The van der Waals surface area contributed by atoms with E-state index in [4.69, 9.17) is 22.7 Å². The molecule has 0 aliphatic heterocycles. The van der Waals surface area contributed by atoms with Crippen molar-refractivity contribution in [3.8, 4) is 5.75 Å². The third-order valence-electron chi connectivity index (χ3n) is 2.72. The first kappa shape index (κ1) is 14.2. The first-order valence-corrected chi connectivity index (χ1v) is 6.30. The average Bonchev–Trinajstić information content (AvgIpc) is 2.40. The van der Waals surface area contributed by atoms with Gasteiger partial charge in [0, 0.05) is 11.8 Å². The zero-order valence-electron chi connectivity index (χ0n) is 11.1. The molecule has 4 nitrogen and oxygen atoms in total. The maximum Gasteiger partial charge on any atom is 0.145 e. The van der Waals surface area contributed by atoms with Gasteiger partial charge < -0.3 is 15.8 Å². The van der Waals surface area contributed by atoms with Crippen molar-refractivity contribution < 1.29 is 9.13 Å². The van der Waals surface area contributed by atoms with Crippen LogP contribution in [0.15, 0.2) is 30.3 Å². The van der Waals surface area contributed by atoms with Crippen LogP contribution in [0, 0.1) is 12.7 Å². The predicted molar refractivity (Wildman–Crippen MR) is 81.1 cm³/mol. The van der Waals surface area contributed by atoms with Gasteiger partial charge >= 0.3 is 0 Å². The van der Waals surface area contributed by atoms with E-state index in [0.717, 1.165) is 5.69 Å². The summed E-state index contributed by atoms with van der Waals surface area (Å²) in [6.45, 7) is 1.86. The molecular formula is C14H14FN3OS. The van der Waals surface area contributed by atoms with Gasteiger partial charge in [-0.2, -0.15) is 0 Å². The van der Waals surface area contributed by atoms with Crippen molar-refractivity contribution >= 4 is 28.7 Å². The Labute approximate surface area is 121 Å². The highest BCUT2D eigenvalue weighted by Gasteiger charge is 2.11. The number of aryl methyl sites for hydroxylation is 1. The Balaban J connectivity index is 2.44. The molecule has 20 heavy (non-hydrogen) atoms. The number of nitrogens with two attached hydrogens (primary N) is 1. The molecule has 0 amide bonds. The van der Waals surface area contributed by atoms with E-state index in [0.29, 0.717) is 22.8 Å². The molecule has 1 heterocycles. The highest BCUT2D eigenvalue weighted by atomic mass is 32.1. The highest BCUT2D eigenvalue weighted by Crippen LogP contribution is 2.29. The molecule has 0 atom stereocenters. The number of anilines is 2. The van der Waals surface area contributed by atoms with E-state index in [1.165, 1.54) is 19.2 Å². The van der Waals surface area contributed by atoms with Gasteiger partial charge in [-0.05, 0) is 31.2 Å². The monoisotopic (exact) mass is 291 g/mol. The summed E-state index contributed by atoms with van der Waals surface area (Å²) in [7, 11) is 1.47. The summed E-state index contributed by atoms with van der Waals surface area (Å²) in [5.41, 5.74) is 7.70. The SMILES string of the molecule is COc1cc(F)ccc1Nc1nc(C)ccc1C(N)=S. The number of rotatable bonds is 4. The van der Waals surface area contributed by atoms with Crippen LogP contribution in [0.1, 0.15) is 11.3 Å². The Kier molecular flexibility index (Phi) is 4.14. The van der Waals surface area contributed by atoms with E-state index in [1.807, 2.05) is 13.0 Å². The number of benzene rings is 1. The van der Waals surface area contributed by atoms with Crippen LogP contribution in [0.5, 0.6) is 5.75 Å². The number of hydrogen-bond acceptors (Lipinski definition) is 4. The van der Waals surface area contributed by atoms with Gasteiger partial charge in [0.2, 0.25) is 0 Å². The number of nitrogens with zero attached hydrogens (tertiary/aromatic N) is 1. The van der Waals surface area contributed by atoms with Gasteiger partial charge in [-0.3, -0.25) is 0 Å². The topological polar surface area (TPSA) is 60.2 Å². The van der Waals surface area contributed by atoms with Gasteiger partial charge in [-0.15, -0.1) is 0 Å². The number of methoxy groups -OCH3 is 1. The molecule has 6 heteroatoms. The number of ether oxygens (including phenoxy) is 1. The maximum atomic E-state index is 13.2. The Morgan fingerprint density at radius 2 is 2.10 bits per heavy atom. The van der Waals surface area contributed by atoms with Crippen molar-refractivity contribution in [2.75, 3.05) is 12.4 Å². The molecule has 0 aliphatic carbocycles. The van der Waals surface area contributed by atoms with Crippen LogP contribution in [-0.4, -0.2) is 17.1 Å². The third-order valence-corrected chi connectivity index (χ3v) is 2.94. The van der Waals surface area contributed by atoms with Crippen molar-refractivity contribution in [1.82, 2.24) is 4.98 Å². The van der Waals surface area contributed by atoms with Crippen LogP contribution in [0.3, 0.4) is 0 Å². The summed E-state index contributed by atoms with van der Waals surface area (Å²) in [5.74, 6) is 0.517. The van der Waals surface area contributed by atoms with E-state index >= 15 is 0 Å². The molecule has 3 N–H and O–H groups in total. The maximum absolute atomic E-state index is 13.2. The van der Waals surface area contributed by atoms with Crippen molar-refractivity contribution in [1.29, 1.82) is 0 Å². The van der Waals surface area contributed by atoms with Crippen LogP contribution >= 0.6 is 12.2 Å². The number of hydrogen-bond donors (Lipinski definition) is 2. The van der Waals surface area contributed by atoms with E-state index in [2.05, 4.69) is 10.3 Å². The van der Waals surface area contributed by atoms with Crippen LogP contribution in [0.4, 0.5) is 15.9 Å². The molecule has 2 aromatic rings. The number of nitrogens with one attached hydrogen (secondary N) is 1. The van der Waals surface area contributed by atoms with Crippen molar-refractivity contribution in [2.45, 2.75) is 6.92 Å². The van der Waals surface area contributed by atoms with Gasteiger partial charge in [0.05, 0.1) is 18.4 Å². The lowest BCUT2D eigenvalue weighted by atomic mass is 10.2. The fourth-order valence-corrected chi connectivity index (χ4v) is 1.91. The highest BCUT2D eigenvalue weighted by molar-refractivity contribution is 7.80. The van der Waals surface area contributed by atoms with Crippen LogP contribution in [-0.2, 0) is 0 Å². The second-order valence-corrected chi connectivity index (χ2v) is 4.62. The molecule has 0 saturated heterocycles. The van der Waals surface area contributed by atoms with Crippen LogP contribution < -0.4 is 15.8 Å². The second-order valence-electron chi connectivity index (χ2n) is 4.18. The fourth-order valence-electron chi connectivity index (χ4n) is 1.75. The summed E-state index contributed by atoms with van der Waals surface area (Å²) in [6.07, 6.45) is 0. The summed E-state index contributed by atoms with van der Waals surface area (Å²) in [6, 6.07) is 7.81. The van der Waals surface area contributed by atoms with Gasteiger partial charge in [0.1, 0.15) is 22.4 Å². The summed E-state index contributed by atoms with van der Waals surface area (Å²) < 4.78 is 18.3. The average molecular weight is 291 g/mol. The smallest absolute Gasteiger partial charge is 0.145 e. The van der Waals surface area contributed by atoms with Crippen molar-refractivity contribution in [2.24, 2.45) is 5.73 Å². The normalized spacial score (nSPS) is 10.2. The molecule has 0 radical (unpaired) electrons. The number of aromatic nitrogens is 1. The standard InChI is InChI=1S/C14H14FN3OS/c1-8-3-5-10(13(16)20)14(17-8)18-11-6-4-9(15)7-12(11)19-2/h3-7H,1-2H3,(H2,16,20)(H,17,18). The summed E-state index contributed by atoms with van der Waals surface area (Å²) >= 11 is 5.00. The van der Waals surface area contributed by atoms with E-state index in [-0.39, 0.29) is 10.8 Å². The van der Waals surface area contributed by atoms with Crippen molar-refractivity contribution in [3.05, 3.63) is 47.4 Å². The Bertz CT molecular complexity index is 661. The van der Waals surface area contributed by atoms with Crippen LogP contribution in [0.2, 0.25) is 0 Å². The molecule has 104 valence electrons. The Morgan fingerprint density at radius 3 is 2.75 bits per heavy atom. The zero-order chi connectivity index (χ0) is 14.7. The molecule has 0 unspecified atom stereocenters. The molecule has 1 aromatic carbocycles. The lowest BCUT2D eigenvalue weighted by Gasteiger charge is -2.13. The zero-order valence-corrected chi connectivity index (χ0v) is 11.9. The summed E-state index contributed by atoms with van der Waals surface area (Å²) in [4.78, 5) is 4.60. The van der Waals surface area contributed by atoms with Gasteiger partial charge in [0.25, 0.3) is 0 Å². The number of halogens is 1. The lowest BCUT2D eigenvalue weighted by Crippen LogP contribution is -2.13. The fraction of sp³-hybridized carbons (Fsp3) is 0.143. The Morgan fingerprint density at radius 1 is 1.35 bits per heavy atom. The van der Waals surface area contributed by atoms with Gasteiger partial charge in [-0.25, -0.2) is 9.37 Å². The lowest BCUT2D eigenvalue weighted by molar-refractivity contribution is 0.413. The largest absolute Gasteiger partial charge is 0.494 e. The summed E-state index contributed by atoms with van der Waals surface area (Å²) in [5, 5.41) is 3.07. The second kappa shape index (κ2) is 5.83. The van der Waals surface area contributed by atoms with E-state index < -0.39 is 0 Å². The minimum absolute atomic E-state index is 0.237. The molecule has 0 fully saturated rings. The third kappa shape index (κ3) is 3.03. The quantitative estimate of drug-likeness (QED) is 0.848. The van der Waals surface area contributed by atoms with Crippen molar-refractivity contribution in [3.63, 3.8) is 0 Å². The van der Waals surface area contributed by atoms with Gasteiger partial charge in [0.15, 0.2) is 0 Å². The minimum atomic E-state index is -0.376. The van der Waals surface area contributed by atoms with Crippen LogP contribution in [0.25, 0.3) is 0 Å². The molecule has 0 aliphatic rings. The molecule has 0 bridgehead atoms. The number of pyridine rings is 1. The first-order chi connectivity index (χ1) is 9.51. The predicted octanol–water partition coefficient (Wildman–Crippen LogP) is 2.92. The molecule has 0 spiro atoms. The molecular weight excluding hydrogens is 277 g/mol. The Hall–Kier alpha value is -2.21. The molecule has 0 saturated carbocycles. The first-order valence-electron chi connectivity index (χ1n) is 5.89. The van der Waals surface area contributed by atoms with Gasteiger partial charge in [-0.1, -0.05) is 12.2 Å². The number of thiocarbonyl (C=S) groups is 1. The minimum Gasteiger partial charge on any atom is -0.494 e. The molecule has 1 aromatic heterocycles.